The lowest BCUT2D eigenvalue weighted by Gasteiger charge is -2.13. The topological polar surface area (TPSA) is 69.9 Å². The lowest BCUT2D eigenvalue weighted by Crippen LogP contribution is -2.07. The summed E-state index contributed by atoms with van der Waals surface area (Å²) in [4.78, 5) is 18.8. The Morgan fingerprint density at radius 2 is 2.00 bits per heavy atom. The van der Waals surface area contributed by atoms with Gasteiger partial charge < -0.3 is 20.0 Å². The van der Waals surface area contributed by atoms with Crippen LogP contribution < -0.4 is 5.32 Å². The molecule has 0 bridgehead atoms. The molecule has 0 fully saturated rings. The number of carbonyl (C=O) groups excluding carboxylic acids is 1. The van der Waals surface area contributed by atoms with Gasteiger partial charge in [0, 0.05) is 57.6 Å². The van der Waals surface area contributed by atoms with Crippen LogP contribution in [-0.4, -0.2) is 29.6 Å². The fourth-order valence-corrected chi connectivity index (χ4v) is 4.32. The van der Waals surface area contributed by atoms with Crippen molar-refractivity contribution in [2.75, 3.05) is 19.0 Å². The Kier molecular flexibility index (Phi) is 4.10. The van der Waals surface area contributed by atoms with Gasteiger partial charge in [-0.25, -0.2) is 9.18 Å². The van der Waals surface area contributed by atoms with Crippen LogP contribution in [0.1, 0.15) is 27.5 Å². The smallest absolute Gasteiger partial charge is 0.355 e. The molecule has 0 radical (unpaired) electrons. The molecule has 0 aliphatic carbocycles. The lowest BCUT2D eigenvalue weighted by atomic mass is 9.88. The molecule has 0 saturated heterocycles. The van der Waals surface area contributed by atoms with E-state index in [0.29, 0.717) is 17.3 Å². The standard InChI is InChI=1S/C22H17ClFN3O2/c1-29-22(28)21-20(16-9-26-18-4-2-11(23)6-13(16)18)17(10-27-21)15-8-25-19-5-3-12(24)7-14(15)19/h2-7,9-10,15,25-27H,8H2,1H3. The maximum Gasteiger partial charge on any atom is 0.355 e. The van der Waals surface area contributed by atoms with Crippen molar-refractivity contribution in [3.63, 3.8) is 0 Å². The number of aromatic amines is 2. The molecule has 146 valence electrons. The first kappa shape index (κ1) is 17.8. The second-order valence-electron chi connectivity index (χ2n) is 7.04. The van der Waals surface area contributed by atoms with Crippen molar-refractivity contribution in [1.82, 2.24) is 9.97 Å². The van der Waals surface area contributed by atoms with E-state index in [1.807, 2.05) is 24.4 Å². The minimum atomic E-state index is -0.465. The van der Waals surface area contributed by atoms with Crippen LogP contribution in [0.3, 0.4) is 0 Å². The Morgan fingerprint density at radius 1 is 1.14 bits per heavy atom. The van der Waals surface area contributed by atoms with E-state index in [2.05, 4.69) is 15.3 Å². The van der Waals surface area contributed by atoms with E-state index in [4.69, 9.17) is 16.3 Å². The SMILES string of the molecule is COC(=O)c1[nH]cc(C2CNc3ccc(F)cc32)c1-c1c[nH]c2ccc(Cl)cc12. The predicted molar refractivity (Wildman–Crippen MR) is 111 cm³/mol. The number of hydrogen-bond donors (Lipinski definition) is 3. The van der Waals surface area contributed by atoms with Crippen LogP contribution in [0.15, 0.2) is 48.8 Å². The number of hydrogen-bond acceptors (Lipinski definition) is 3. The van der Waals surface area contributed by atoms with Gasteiger partial charge in [0.15, 0.2) is 0 Å². The maximum absolute atomic E-state index is 13.9. The Balaban J connectivity index is 1.75. The number of H-pyrrole nitrogens is 2. The first-order valence-corrected chi connectivity index (χ1v) is 9.54. The summed E-state index contributed by atoms with van der Waals surface area (Å²) < 4.78 is 18.9. The molecule has 5 nitrogen and oxygen atoms in total. The molecular formula is C22H17ClFN3O2. The Labute approximate surface area is 170 Å². The van der Waals surface area contributed by atoms with Gasteiger partial charge in [-0.2, -0.15) is 0 Å². The number of carbonyl (C=O) groups is 1. The summed E-state index contributed by atoms with van der Waals surface area (Å²) in [7, 11) is 1.35. The average molecular weight is 410 g/mol. The summed E-state index contributed by atoms with van der Waals surface area (Å²) in [5, 5.41) is 4.82. The number of benzene rings is 2. The van der Waals surface area contributed by atoms with Crippen LogP contribution in [0, 0.1) is 5.82 Å². The van der Waals surface area contributed by atoms with Crippen molar-refractivity contribution in [2.24, 2.45) is 0 Å². The van der Waals surface area contributed by atoms with Gasteiger partial charge in [0.05, 0.1) is 7.11 Å². The van der Waals surface area contributed by atoms with Gasteiger partial charge in [-0.3, -0.25) is 0 Å². The van der Waals surface area contributed by atoms with Crippen molar-refractivity contribution in [3.8, 4) is 11.1 Å². The summed E-state index contributed by atoms with van der Waals surface area (Å²) in [6.07, 6.45) is 3.66. The molecule has 0 spiro atoms. The van der Waals surface area contributed by atoms with Gasteiger partial charge >= 0.3 is 5.97 Å². The summed E-state index contributed by atoms with van der Waals surface area (Å²) >= 11 is 6.22. The van der Waals surface area contributed by atoms with Gasteiger partial charge in [-0.1, -0.05) is 11.6 Å². The number of methoxy groups -OCH3 is 1. The van der Waals surface area contributed by atoms with Crippen LogP contribution in [-0.2, 0) is 4.74 Å². The molecule has 5 rings (SSSR count). The molecule has 0 saturated carbocycles. The Bertz CT molecular complexity index is 1260. The van der Waals surface area contributed by atoms with Crippen molar-refractivity contribution in [1.29, 1.82) is 0 Å². The van der Waals surface area contributed by atoms with Gasteiger partial charge in [0.1, 0.15) is 11.5 Å². The highest BCUT2D eigenvalue weighted by molar-refractivity contribution is 6.31. The zero-order valence-electron chi connectivity index (χ0n) is 15.5. The highest BCUT2D eigenvalue weighted by Crippen LogP contribution is 2.43. The summed E-state index contributed by atoms with van der Waals surface area (Å²) in [6, 6.07) is 10.3. The van der Waals surface area contributed by atoms with Gasteiger partial charge in [-0.05, 0) is 47.5 Å². The fraction of sp³-hybridized carbons (Fsp3) is 0.136. The molecular weight excluding hydrogens is 393 g/mol. The summed E-state index contributed by atoms with van der Waals surface area (Å²) in [6.45, 7) is 0.605. The molecule has 7 heteroatoms. The number of rotatable bonds is 3. The molecule has 3 N–H and O–H groups in total. The largest absolute Gasteiger partial charge is 0.464 e. The van der Waals surface area contributed by atoms with Crippen molar-refractivity contribution >= 4 is 34.2 Å². The monoisotopic (exact) mass is 409 g/mol. The van der Waals surface area contributed by atoms with Gasteiger partial charge in [0.25, 0.3) is 0 Å². The second kappa shape index (κ2) is 6.67. The molecule has 1 aliphatic rings. The summed E-state index contributed by atoms with van der Waals surface area (Å²) in [5.74, 6) is -0.871. The van der Waals surface area contributed by atoms with E-state index in [0.717, 1.165) is 38.8 Å². The minimum Gasteiger partial charge on any atom is -0.464 e. The first-order chi connectivity index (χ1) is 14.1. The van der Waals surface area contributed by atoms with Crippen molar-refractivity contribution < 1.29 is 13.9 Å². The normalized spacial score (nSPS) is 15.3. The number of fused-ring (bicyclic) bond motifs is 2. The second-order valence-corrected chi connectivity index (χ2v) is 7.48. The molecule has 2 aromatic heterocycles. The highest BCUT2D eigenvalue weighted by Gasteiger charge is 2.31. The molecule has 1 unspecified atom stereocenters. The third kappa shape index (κ3) is 2.79. The van der Waals surface area contributed by atoms with Gasteiger partial charge in [0.2, 0.25) is 0 Å². The number of aromatic nitrogens is 2. The molecule has 1 atom stereocenters. The number of anilines is 1. The molecule has 29 heavy (non-hydrogen) atoms. The minimum absolute atomic E-state index is 0.116. The highest BCUT2D eigenvalue weighted by atomic mass is 35.5. The fourth-order valence-electron chi connectivity index (χ4n) is 4.15. The third-order valence-electron chi connectivity index (χ3n) is 5.47. The number of ether oxygens (including phenoxy) is 1. The van der Waals surface area contributed by atoms with E-state index in [9.17, 15) is 9.18 Å². The number of halogens is 2. The average Bonchev–Trinajstić information content (AvgIpc) is 3.42. The van der Waals surface area contributed by atoms with E-state index in [1.165, 1.54) is 13.2 Å². The molecule has 2 aromatic carbocycles. The van der Waals surface area contributed by atoms with E-state index >= 15 is 0 Å². The molecule has 3 heterocycles. The molecule has 1 aliphatic heterocycles. The molecule has 4 aromatic rings. The van der Waals surface area contributed by atoms with E-state index in [-0.39, 0.29) is 11.7 Å². The molecule has 0 amide bonds. The lowest BCUT2D eigenvalue weighted by molar-refractivity contribution is 0.0595. The third-order valence-corrected chi connectivity index (χ3v) is 5.71. The zero-order chi connectivity index (χ0) is 20.1. The Morgan fingerprint density at radius 3 is 2.83 bits per heavy atom. The maximum atomic E-state index is 13.9. The Hall–Kier alpha value is -3.25. The van der Waals surface area contributed by atoms with Crippen LogP contribution in [0.5, 0.6) is 0 Å². The quantitative estimate of drug-likeness (QED) is 0.402. The van der Waals surface area contributed by atoms with Crippen LogP contribution in [0.4, 0.5) is 10.1 Å². The first-order valence-electron chi connectivity index (χ1n) is 9.16. The van der Waals surface area contributed by atoms with Crippen LogP contribution in [0.25, 0.3) is 22.0 Å². The van der Waals surface area contributed by atoms with Crippen LogP contribution >= 0.6 is 11.6 Å². The van der Waals surface area contributed by atoms with Crippen molar-refractivity contribution in [2.45, 2.75) is 5.92 Å². The van der Waals surface area contributed by atoms with Crippen molar-refractivity contribution in [3.05, 3.63) is 76.5 Å². The summed E-state index contributed by atoms with van der Waals surface area (Å²) in [5.41, 5.74) is 5.47. The van der Waals surface area contributed by atoms with Gasteiger partial charge in [-0.15, -0.1) is 0 Å². The predicted octanol–water partition coefficient (Wildman–Crippen LogP) is 5.30. The zero-order valence-corrected chi connectivity index (χ0v) is 16.2. The van der Waals surface area contributed by atoms with Crippen LogP contribution in [0.2, 0.25) is 5.02 Å². The van der Waals surface area contributed by atoms with E-state index in [1.54, 1.807) is 18.3 Å². The number of nitrogens with one attached hydrogen (secondary N) is 3. The number of esters is 1. The van der Waals surface area contributed by atoms with E-state index < -0.39 is 5.97 Å².